The molecule has 0 spiro atoms. The highest BCUT2D eigenvalue weighted by Crippen LogP contribution is 2.26. The molecule has 22 heavy (non-hydrogen) atoms. The van der Waals surface area contributed by atoms with Crippen molar-refractivity contribution in [2.24, 2.45) is 5.92 Å². The number of nitrogens with zero attached hydrogens (tertiary/aromatic N) is 2. The van der Waals surface area contributed by atoms with Gasteiger partial charge in [-0.1, -0.05) is 0 Å². The molecule has 120 valence electrons. The van der Waals surface area contributed by atoms with E-state index in [0.29, 0.717) is 12.1 Å². The molecule has 0 N–H and O–H groups in total. The van der Waals surface area contributed by atoms with Crippen molar-refractivity contribution in [1.29, 1.82) is 0 Å². The predicted molar refractivity (Wildman–Crippen MR) is 76.2 cm³/mol. The summed E-state index contributed by atoms with van der Waals surface area (Å²) < 4.78 is 11.4. The molecule has 1 aromatic rings. The zero-order chi connectivity index (χ0) is 16.3. The summed E-state index contributed by atoms with van der Waals surface area (Å²) in [4.78, 5) is 35.8. The first kappa shape index (κ1) is 16.2. The average molecular weight is 308 g/mol. The molecule has 1 aliphatic heterocycles. The van der Waals surface area contributed by atoms with Crippen molar-refractivity contribution in [3.05, 3.63) is 17.5 Å². The van der Waals surface area contributed by atoms with Gasteiger partial charge >= 0.3 is 11.9 Å². The van der Waals surface area contributed by atoms with E-state index in [1.165, 1.54) is 4.68 Å². The number of carbonyl (C=O) groups is 3. The van der Waals surface area contributed by atoms with Crippen LogP contribution in [0.3, 0.4) is 0 Å². The molecule has 1 fully saturated rings. The molecule has 1 aliphatic rings. The second-order valence-electron chi connectivity index (χ2n) is 5.36. The Labute approximate surface area is 128 Å². The van der Waals surface area contributed by atoms with Crippen molar-refractivity contribution in [1.82, 2.24) is 9.78 Å². The van der Waals surface area contributed by atoms with E-state index in [1.807, 2.05) is 0 Å². The van der Waals surface area contributed by atoms with Crippen molar-refractivity contribution in [3.8, 4) is 0 Å². The SMILES string of the molecule is CCOC(=O)[C@@H](CC(=O)n1nc(C)cc1C)C1CCC(=O)O1. The van der Waals surface area contributed by atoms with Crippen molar-refractivity contribution in [3.63, 3.8) is 0 Å². The number of cyclic esters (lactones) is 1. The number of rotatable bonds is 5. The molecule has 1 saturated heterocycles. The normalized spacial score (nSPS) is 18.9. The van der Waals surface area contributed by atoms with Crippen molar-refractivity contribution in [2.45, 2.75) is 46.1 Å². The highest BCUT2D eigenvalue weighted by atomic mass is 16.6. The Kier molecular flexibility index (Phi) is 4.95. The summed E-state index contributed by atoms with van der Waals surface area (Å²) in [5.74, 6) is -1.97. The minimum Gasteiger partial charge on any atom is -0.466 e. The number of hydrogen-bond donors (Lipinski definition) is 0. The summed E-state index contributed by atoms with van der Waals surface area (Å²) in [5, 5.41) is 4.12. The monoisotopic (exact) mass is 308 g/mol. The summed E-state index contributed by atoms with van der Waals surface area (Å²) >= 11 is 0. The van der Waals surface area contributed by atoms with Crippen LogP contribution < -0.4 is 0 Å². The molecule has 2 atom stereocenters. The third kappa shape index (κ3) is 3.52. The van der Waals surface area contributed by atoms with Gasteiger partial charge in [-0.05, 0) is 33.3 Å². The van der Waals surface area contributed by atoms with Crippen LogP contribution in [0.5, 0.6) is 0 Å². The van der Waals surface area contributed by atoms with Crippen molar-refractivity contribution < 1.29 is 23.9 Å². The molecule has 7 heteroatoms. The maximum atomic E-state index is 12.4. The fourth-order valence-electron chi connectivity index (χ4n) is 2.60. The summed E-state index contributed by atoms with van der Waals surface area (Å²) in [7, 11) is 0. The van der Waals surface area contributed by atoms with E-state index in [4.69, 9.17) is 9.47 Å². The Hall–Kier alpha value is -2.18. The molecule has 2 heterocycles. The fourth-order valence-corrected chi connectivity index (χ4v) is 2.60. The van der Waals surface area contributed by atoms with Gasteiger partial charge in [-0.25, -0.2) is 4.68 Å². The van der Waals surface area contributed by atoms with Gasteiger partial charge < -0.3 is 9.47 Å². The molecule has 0 aromatic carbocycles. The topological polar surface area (TPSA) is 87.5 Å². The Morgan fingerprint density at radius 1 is 1.50 bits per heavy atom. The molecule has 1 aromatic heterocycles. The molecule has 0 radical (unpaired) electrons. The number of aryl methyl sites for hydroxylation is 2. The molecular formula is C15H20N2O5. The average Bonchev–Trinajstić information content (AvgIpc) is 3.01. The van der Waals surface area contributed by atoms with E-state index in [0.717, 1.165) is 5.69 Å². The molecule has 0 aliphatic carbocycles. The lowest BCUT2D eigenvalue weighted by Crippen LogP contribution is -2.33. The van der Waals surface area contributed by atoms with Gasteiger partial charge in [0.25, 0.3) is 0 Å². The van der Waals surface area contributed by atoms with Crippen LogP contribution in [0.25, 0.3) is 0 Å². The third-order valence-corrected chi connectivity index (χ3v) is 3.59. The fraction of sp³-hybridized carbons (Fsp3) is 0.600. The largest absolute Gasteiger partial charge is 0.466 e. The van der Waals surface area contributed by atoms with Gasteiger partial charge in [0, 0.05) is 18.5 Å². The first-order valence-electron chi connectivity index (χ1n) is 7.35. The van der Waals surface area contributed by atoms with E-state index in [1.54, 1.807) is 26.8 Å². The van der Waals surface area contributed by atoms with Crippen LogP contribution in [0.4, 0.5) is 0 Å². The standard InChI is InChI=1S/C15H20N2O5/c1-4-21-15(20)11(12-5-6-14(19)22-12)8-13(18)17-10(3)7-9(2)16-17/h7,11-12H,4-6,8H2,1-3H3/t11-,12?/m0/s1. The van der Waals surface area contributed by atoms with Gasteiger partial charge in [0.15, 0.2) is 0 Å². The molecule has 0 saturated carbocycles. The van der Waals surface area contributed by atoms with Gasteiger partial charge in [-0.15, -0.1) is 0 Å². The van der Waals surface area contributed by atoms with E-state index in [2.05, 4.69) is 5.10 Å². The van der Waals surface area contributed by atoms with E-state index in [-0.39, 0.29) is 31.3 Å². The quantitative estimate of drug-likeness (QED) is 0.764. The molecule has 7 nitrogen and oxygen atoms in total. The second kappa shape index (κ2) is 6.72. The van der Waals surface area contributed by atoms with E-state index in [9.17, 15) is 14.4 Å². The maximum Gasteiger partial charge on any atom is 0.313 e. The van der Waals surface area contributed by atoms with Crippen LogP contribution in [0.1, 0.15) is 42.4 Å². The van der Waals surface area contributed by atoms with Crippen molar-refractivity contribution in [2.75, 3.05) is 6.61 Å². The number of esters is 2. The highest BCUT2D eigenvalue weighted by Gasteiger charge is 2.38. The van der Waals surface area contributed by atoms with Gasteiger partial charge in [-0.2, -0.15) is 5.10 Å². The number of aromatic nitrogens is 2. The van der Waals surface area contributed by atoms with Gasteiger partial charge in [0.2, 0.25) is 5.91 Å². The molecule has 0 amide bonds. The number of hydrogen-bond acceptors (Lipinski definition) is 6. The first-order valence-corrected chi connectivity index (χ1v) is 7.35. The Balaban J connectivity index is 2.15. The zero-order valence-corrected chi connectivity index (χ0v) is 13.0. The van der Waals surface area contributed by atoms with Gasteiger partial charge in [-0.3, -0.25) is 14.4 Å². The van der Waals surface area contributed by atoms with Gasteiger partial charge in [0.05, 0.1) is 12.3 Å². The smallest absolute Gasteiger partial charge is 0.313 e. The van der Waals surface area contributed by atoms with Gasteiger partial charge in [0.1, 0.15) is 12.0 Å². The van der Waals surface area contributed by atoms with Crippen LogP contribution in [0.15, 0.2) is 6.07 Å². The van der Waals surface area contributed by atoms with Crippen LogP contribution >= 0.6 is 0 Å². The Morgan fingerprint density at radius 2 is 2.23 bits per heavy atom. The summed E-state index contributed by atoms with van der Waals surface area (Å²) in [5.41, 5.74) is 1.43. The first-order chi connectivity index (χ1) is 10.4. The zero-order valence-electron chi connectivity index (χ0n) is 13.0. The summed E-state index contributed by atoms with van der Waals surface area (Å²) in [6.07, 6.45) is -0.0207. The number of ether oxygens (including phenoxy) is 2. The lowest BCUT2D eigenvalue weighted by Gasteiger charge is -2.20. The lowest BCUT2D eigenvalue weighted by molar-refractivity contribution is -0.156. The predicted octanol–water partition coefficient (Wildman–Crippen LogP) is 1.42. The minimum absolute atomic E-state index is 0.0985. The third-order valence-electron chi connectivity index (χ3n) is 3.59. The molecule has 0 bridgehead atoms. The summed E-state index contributed by atoms with van der Waals surface area (Å²) in [6.45, 7) is 5.47. The summed E-state index contributed by atoms with van der Waals surface area (Å²) in [6, 6.07) is 1.78. The number of carbonyl (C=O) groups excluding carboxylic acids is 3. The van der Waals surface area contributed by atoms with Crippen LogP contribution in [0.2, 0.25) is 0 Å². The Bertz CT molecular complexity index is 593. The molecule has 1 unspecified atom stereocenters. The second-order valence-corrected chi connectivity index (χ2v) is 5.36. The maximum absolute atomic E-state index is 12.4. The van der Waals surface area contributed by atoms with Crippen molar-refractivity contribution >= 4 is 17.8 Å². The minimum atomic E-state index is -0.789. The van der Waals surface area contributed by atoms with E-state index < -0.39 is 18.0 Å². The lowest BCUT2D eigenvalue weighted by atomic mass is 9.96. The highest BCUT2D eigenvalue weighted by molar-refractivity contribution is 5.85. The van der Waals surface area contributed by atoms with Crippen LogP contribution in [0, 0.1) is 19.8 Å². The Morgan fingerprint density at radius 3 is 2.73 bits per heavy atom. The molecular weight excluding hydrogens is 288 g/mol. The van der Waals surface area contributed by atoms with Crippen LogP contribution in [-0.4, -0.2) is 40.3 Å². The van der Waals surface area contributed by atoms with Crippen LogP contribution in [-0.2, 0) is 19.1 Å². The molecule has 2 rings (SSSR count). The van der Waals surface area contributed by atoms with E-state index >= 15 is 0 Å².